The second kappa shape index (κ2) is 7.06. The van der Waals surface area contributed by atoms with Gasteiger partial charge in [0.05, 0.1) is 6.54 Å². The lowest BCUT2D eigenvalue weighted by Crippen LogP contribution is -2.39. The van der Waals surface area contributed by atoms with Crippen molar-refractivity contribution in [3.63, 3.8) is 0 Å². The summed E-state index contributed by atoms with van der Waals surface area (Å²) in [5, 5.41) is 3.11. The lowest BCUT2D eigenvalue weighted by molar-refractivity contribution is 0.303. The number of nitrogens with two attached hydrogens (primary N) is 1. The van der Waals surface area contributed by atoms with Crippen molar-refractivity contribution in [2.45, 2.75) is 13.3 Å². The van der Waals surface area contributed by atoms with E-state index in [2.05, 4.69) is 33.9 Å². The normalized spacial score (nSPS) is 17.4. The molecule has 16 heavy (non-hydrogen) atoms. The Morgan fingerprint density at radius 3 is 3.00 bits per heavy atom. The maximum absolute atomic E-state index is 5.70. The first-order valence-corrected chi connectivity index (χ1v) is 5.74. The van der Waals surface area contributed by atoms with Crippen LogP contribution < -0.4 is 11.1 Å². The van der Waals surface area contributed by atoms with E-state index in [1.807, 2.05) is 6.92 Å². The van der Waals surface area contributed by atoms with Gasteiger partial charge in [0, 0.05) is 26.2 Å². The van der Waals surface area contributed by atoms with Gasteiger partial charge in [0.25, 0.3) is 0 Å². The molecule has 0 aromatic rings. The lowest BCUT2D eigenvalue weighted by atomic mass is 10.2. The zero-order valence-electron chi connectivity index (χ0n) is 10.1. The molecule has 90 valence electrons. The van der Waals surface area contributed by atoms with Crippen molar-refractivity contribution in [3.8, 4) is 0 Å². The molecule has 0 unspecified atom stereocenters. The van der Waals surface area contributed by atoms with Crippen molar-refractivity contribution >= 4 is 5.96 Å². The molecular weight excluding hydrogens is 200 g/mol. The van der Waals surface area contributed by atoms with Gasteiger partial charge in [-0.05, 0) is 13.3 Å². The van der Waals surface area contributed by atoms with Crippen LogP contribution in [0.1, 0.15) is 13.3 Å². The summed E-state index contributed by atoms with van der Waals surface area (Å²) in [5.41, 5.74) is 6.72. The third-order valence-electron chi connectivity index (χ3n) is 2.40. The molecule has 4 nitrogen and oxygen atoms in total. The minimum atomic E-state index is 0.510. The zero-order valence-corrected chi connectivity index (χ0v) is 10.1. The topological polar surface area (TPSA) is 53.6 Å². The number of nitrogens with one attached hydrogen (secondary N) is 1. The molecule has 3 N–H and O–H groups in total. The second-order valence-electron chi connectivity index (χ2n) is 4.15. The Morgan fingerprint density at radius 1 is 1.56 bits per heavy atom. The highest BCUT2D eigenvalue weighted by Gasteiger charge is 2.04. The molecular formula is C12H22N4. The van der Waals surface area contributed by atoms with Gasteiger partial charge in [-0.25, -0.2) is 4.99 Å². The van der Waals surface area contributed by atoms with Gasteiger partial charge >= 0.3 is 0 Å². The fourth-order valence-electron chi connectivity index (χ4n) is 1.51. The van der Waals surface area contributed by atoms with Crippen molar-refractivity contribution in [1.82, 2.24) is 10.2 Å². The monoisotopic (exact) mass is 222 g/mol. The van der Waals surface area contributed by atoms with Gasteiger partial charge in [0.2, 0.25) is 0 Å². The third-order valence-corrected chi connectivity index (χ3v) is 2.40. The smallest absolute Gasteiger partial charge is 0.188 e. The Hall–Kier alpha value is -1.29. The summed E-state index contributed by atoms with van der Waals surface area (Å²) in [4.78, 5) is 6.55. The maximum Gasteiger partial charge on any atom is 0.188 e. The highest BCUT2D eigenvalue weighted by molar-refractivity contribution is 5.77. The van der Waals surface area contributed by atoms with Crippen LogP contribution in [0.15, 0.2) is 29.3 Å². The van der Waals surface area contributed by atoms with Crippen molar-refractivity contribution in [1.29, 1.82) is 0 Å². The molecule has 0 saturated heterocycles. The van der Waals surface area contributed by atoms with Crippen molar-refractivity contribution < 1.29 is 0 Å². The molecule has 1 rings (SSSR count). The lowest BCUT2D eigenvalue weighted by Gasteiger charge is -2.22. The summed E-state index contributed by atoms with van der Waals surface area (Å²) in [6, 6.07) is 0. The molecule has 0 amide bonds. The van der Waals surface area contributed by atoms with Crippen LogP contribution in [0.5, 0.6) is 0 Å². The molecule has 0 aliphatic carbocycles. The molecule has 4 heteroatoms. The van der Waals surface area contributed by atoms with E-state index < -0.39 is 0 Å². The molecule has 0 aromatic carbocycles. The van der Waals surface area contributed by atoms with E-state index in [9.17, 15) is 0 Å². The molecule has 0 bridgehead atoms. The highest BCUT2D eigenvalue weighted by atomic mass is 15.2. The average Bonchev–Trinajstić information content (AvgIpc) is 2.28. The summed E-state index contributed by atoms with van der Waals surface area (Å²) < 4.78 is 0. The van der Waals surface area contributed by atoms with Crippen LogP contribution in [0.4, 0.5) is 0 Å². The fourth-order valence-corrected chi connectivity index (χ4v) is 1.51. The number of guanidine groups is 1. The van der Waals surface area contributed by atoms with E-state index in [1.165, 1.54) is 0 Å². The summed E-state index contributed by atoms with van der Waals surface area (Å²) in [5.74, 6) is 0.510. The van der Waals surface area contributed by atoms with Crippen molar-refractivity contribution in [2.24, 2.45) is 10.7 Å². The largest absolute Gasteiger partial charge is 0.370 e. The van der Waals surface area contributed by atoms with E-state index >= 15 is 0 Å². The van der Waals surface area contributed by atoms with E-state index in [4.69, 9.17) is 5.73 Å². The molecule has 1 aliphatic heterocycles. The van der Waals surface area contributed by atoms with E-state index in [1.54, 1.807) is 0 Å². The Morgan fingerprint density at radius 2 is 2.38 bits per heavy atom. The molecule has 1 heterocycles. The molecule has 0 fully saturated rings. The first kappa shape index (κ1) is 12.8. The van der Waals surface area contributed by atoms with Crippen LogP contribution in [-0.4, -0.2) is 43.6 Å². The third kappa shape index (κ3) is 5.56. The minimum absolute atomic E-state index is 0.510. The van der Waals surface area contributed by atoms with E-state index in [-0.39, 0.29) is 0 Å². The SMILES string of the molecule is C=C(C)CN=C(N)NCCN1CC=CCC1. The van der Waals surface area contributed by atoms with Gasteiger partial charge in [-0.3, -0.25) is 4.90 Å². The predicted octanol–water partition coefficient (Wildman–Crippen LogP) is 0.729. The molecule has 0 spiro atoms. The number of hydrogen-bond acceptors (Lipinski definition) is 2. The van der Waals surface area contributed by atoms with E-state index in [0.717, 1.165) is 38.2 Å². The van der Waals surface area contributed by atoms with E-state index in [0.29, 0.717) is 12.5 Å². The van der Waals surface area contributed by atoms with Crippen LogP contribution in [0.25, 0.3) is 0 Å². The number of hydrogen-bond donors (Lipinski definition) is 2. The summed E-state index contributed by atoms with van der Waals surface area (Å²) in [7, 11) is 0. The Labute approximate surface area is 97.9 Å². The number of rotatable bonds is 5. The number of aliphatic imine (C=N–C) groups is 1. The average molecular weight is 222 g/mol. The first-order valence-electron chi connectivity index (χ1n) is 5.74. The summed E-state index contributed by atoms with van der Waals surface area (Å²) >= 11 is 0. The zero-order chi connectivity index (χ0) is 11.8. The maximum atomic E-state index is 5.70. The van der Waals surface area contributed by atoms with Crippen LogP contribution in [-0.2, 0) is 0 Å². The minimum Gasteiger partial charge on any atom is -0.370 e. The van der Waals surface area contributed by atoms with Gasteiger partial charge in [0.1, 0.15) is 0 Å². The fraction of sp³-hybridized carbons (Fsp3) is 0.583. The number of nitrogens with zero attached hydrogens (tertiary/aromatic N) is 2. The van der Waals surface area contributed by atoms with Gasteiger partial charge in [-0.1, -0.05) is 24.3 Å². The molecule has 0 aromatic heterocycles. The quantitative estimate of drug-likeness (QED) is 0.409. The standard InChI is InChI=1S/C12H22N4/c1-11(2)10-15-12(13)14-6-9-16-7-4-3-5-8-16/h3-4H,1,5-10H2,2H3,(H3,13,14,15). The van der Waals surface area contributed by atoms with Crippen LogP contribution in [0.3, 0.4) is 0 Å². The van der Waals surface area contributed by atoms with Gasteiger partial charge < -0.3 is 11.1 Å². The highest BCUT2D eigenvalue weighted by Crippen LogP contribution is 1.99. The molecule has 1 aliphatic rings. The Balaban J connectivity index is 2.12. The molecule has 0 radical (unpaired) electrons. The summed E-state index contributed by atoms with van der Waals surface area (Å²) in [6.07, 6.45) is 5.59. The van der Waals surface area contributed by atoms with Crippen molar-refractivity contribution in [2.75, 3.05) is 32.7 Å². The van der Waals surface area contributed by atoms with Gasteiger partial charge in [0.15, 0.2) is 5.96 Å². The van der Waals surface area contributed by atoms with Crippen LogP contribution >= 0.6 is 0 Å². The van der Waals surface area contributed by atoms with Gasteiger partial charge in [-0.2, -0.15) is 0 Å². The first-order chi connectivity index (χ1) is 7.68. The molecule has 0 atom stereocenters. The van der Waals surface area contributed by atoms with Gasteiger partial charge in [-0.15, -0.1) is 0 Å². The van der Waals surface area contributed by atoms with Crippen molar-refractivity contribution in [3.05, 3.63) is 24.3 Å². The predicted molar refractivity (Wildman–Crippen MR) is 69.5 cm³/mol. The Bertz CT molecular complexity index is 281. The van der Waals surface area contributed by atoms with Crippen LogP contribution in [0, 0.1) is 0 Å². The van der Waals surface area contributed by atoms with Crippen LogP contribution in [0.2, 0.25) is 0 Å². The second-order valence-corrected chi connectivity index (χ2v) is 4.15. The Kier molecular flexibility index (Phi) is 5.64. The summed E-state index contributed by atoms with van der Waals surface area (Å²) in [6.45, 7) is 10.4. The molecule has 0 saturated carbocycles.